The topological polar surface area (TPSA) is 136 Å². The molecule has 0 aliphatic carbocycles. The molecule has 0 radical (unpaired) electrons. The average molecular weight is 466 g/mol. The first-order valence-electron chi connectivity index (χ1n) is 10.1. The number of esters is 1. The van der Waals surface area contributed by atoms with E-state index < -0.39 is 40.8 Å². The van der Waals surface area contributed by atoms with Crippen LogP contribution in [0.4, 0.5) is 9.59 Å². The number of carbonyl (C=O) groups excluding carboxylic acids is 5. The molecule has 2 N–H and O–H groups in total. The van der Waals surface area contributed by atoms with Gasteiger partial charge in [0.15, 0.2) is 6.04 Å². The zero-order valence-corrected chi connectivity index (χ0v) is 19.3. The van der Waals surface area contributed by atoms with Gasteiger partial charge in [0, 0.05) is 0 Å². The van der Waals surface area contributed by atoms with E-state index in [1.807, 2.05) is 0 Å². The number of hydrogen-bond acceptors (Lipinski definition) is 8. The number of nitrogens with two attached hydrogens (primary N) is 1. The smallest absolute Gasteiger partial charge is 0.404 e. The lowest BCUT2D eigenvalue weighted by Crippen LogP contribution is -2.57. The fourth-order valence-electron chi connectivity index (χ4n) is 3.07. The maximum absolute atomic E-state index is 13.1. The number of ether oxygens (including phenoxy) is 2. The van der Waals surface area contributed by atoms with Crippen molar-refractivity contribution < 1.29 is 33.4 Å². The SMILES string of the molecule is CCSC(=O)N(C(CCCOC(N)=O)C(=O)OC(C)(C)C)N1C(=O)c2ccccc2C1=O. The lowest BCUT2D eigenvalue weighted by Gasteiger charge is -2.36. The molecule has 1 unspecified atom stereocenters. The number of hydrogen-bond donors (Lipinski definition) is 1. The Morgan fingerprint density at radius 2 is 1.69 bits per heavy atom. The number of fused-ring (bicyclic) bond motifs is 1. The summed E-state index contributed by atoms with van der Waals surface area (Å²) >= 11 is 0.845. The van der Waals surface area contributed by atoms with Crippen LogP contribution in [0.25, 0.3) is 0 Å². The minimum absolute atomic E-state index is 0.0361. The van der Waals surface area contributed by atoms with Crippen LogP contribution in [0, 0.1) is 0 Å². The number of imide groups is 1. The molecule has 1 aromatic carbocycles. The summed E-state index contributed by atoms with van der Waals surface area (Å²) in [4.78, 5) is 63.1. The maximum Gasteiger partial charge on any atom is 0.404 e. The molecule has 10 nitrogen and oxygen atoms in total. The fraction of sp³-hybridized carbons (Fsp3) is 0.476. The van der Waals surface area contributed by atoms with Crippen LogP contribution in [0.3, 0.4) is 0 Å². The highest BCUT2D eigenvalue weighted by Gasteiger charge is 2.46. The summed E-state index contributed by atoms with van der Waals surface area (Å²) in [5, 5.41) is 0.893. The number of primary amides is 1. The normalized spacial score (nSPS) is 14.1. The van der Waals surface area contributed by atoms with Crippen LogP contribution in [0.5, 0.6) is 0 Å². The Kier molecular flexibility index (Phi) is 8.25. The molecule has 0 saturated heterocycles. The van der Waals surface area contributed by atoms with Gasteiger partial charge in [-0.1, -0.05) is 30.8 Å². The first-order valence-corrected chi connectivity index (χ1v) is 11.0. The third kappa shape index (κ3) is 6.00. The van der Waals surface area contributed by atoms with Gasteiger partial charge in [0.1, 0.15) is 5.60 Å². The molecule has 2 rings (SSSR count). The van der Waals surface area contributed by atoms with Gasteiger partial charge in [-0.15, -0.1) is 0 Å². The Morgan fingerprint density at radius 3 is 2.16 bits per heavy atom. The van der Waals surface area contributed by atoms with E-state index in [2.05, 4.69) is 0 Å². The second-order valence-electron chi connectivity index (χ2n) is 7.87. The minimum Gasteiger partial charge on any atom is -0.458 e. The van der Waals surface area contributed by atoms with Crippen LogP contribution in [-0.2, 0) is 14.3 Å². The second kappa shape index (κ2) is 10.5. The zero-order valence-electron chi connectivity index (χ0n) is 18.5. The molecule has 0 bridgehead atoms. The second-order valence-corrected chi connectivity index (χ2v) is 9.09. The number of thioether (sulfide) groups is 1. The average Bonchev–Trinajstić information content (AvgIpc) is 2.94. The minimum atomic E-state index is -1.31. The summed E-state index contributed by atoms with van der Waals surface area (Å²) in [7, 11) is 0. The van der Waals surface area contributed by atoms with Gasteiger partial charge in [0.2, 0.25) is 0 Å². The summed E-state index contributed by atoms with van der Waals surface area (Å²) in [6.07, 6.45) is -0.879. The van der Waals surface area contributed by atoms with Gasteiger partial charge < -0.3 is 15.2 Å². The molecule has 32 heavy (non-hydrogen) atoms. The standard InChI is InChI=1S/C21H27N3O7S/c1-5-32-20(29)23(24-16(25)13-9-6-7-10-14(13)17(24)26)15(11-8-12-30-19(22)28)18(27)31-21(2,3)4/h6-7,9-10,15H,5,8,11-12H2,1-4H3,(H2,22,28). The van der Waals surface area contributed by atoms with E-state index in [1.54, 1.807) is 39.8 Å². The van der Waals surface area contributed by atoms with Crippen molar-refractivity contribution in [3.8, 4) is 0 Å². The molecule has 1 aliphatic rings. The van der Waals surface area contributed by atoms with Gasteiger partial charge in [-0.3, -0.25) is 14.4 Å². The first kappa shape index (κ1) is 25.2. The number of carbonyl (C=O) groups is 5. The molecule has 0 aromatic heterocycles. The van der Waals surface area contributed by atoms with Crippen LogP contribution in [0.15, 0.2) is 24.3 Å². The number of rotatable bonds is 8. The molecule has 4 amide bonds. The van der Waals surface area contributed by atoms with E-state index in [9.17, 15) is 24.0 Å². The number of nitrogens with zero attached hydrogens (tertiary/aromatic N) is 2. The van der Waals surface area contributed by atoms with Gasteiger partial charge in [0.25, 0.3) is 11.8 Å². The van der Waals surface area contributed by atoms with E-state index >= 15 is 0 Å². The third-order valence-corrected chi connectivity index (χ3v) is 5.01. The van der Waals surface area contributed by atoms with Crippen molar-refractivity contribution in [2.75, 3.05) is 12.4 Å². The Morgan fingerprint density at radius 1 is 1.12 bits per heavy atom. The van der Waals surface area contributed by atoms with Gasteiger partial charge >= 0.3 is 17.3 Å². The predicted molar refractivity (Wildman–Crippen MR) is 117 cm³/mol. The Hall–Kier alpha value is -3.08. The molecule has 1 heterocycles. The lowest BCUT2D eigenvalue weighted by molar-refractivity contribution is -0.163. The third-order valence-electron chi connectivity index (χ3n) is 4.28. The van der Waals surface area contributed by atoms with Crippen LogP contribution in [0.2, 0.25) is 0 Å². The summed E-state index contributed by atoms with van der Waals surface area (Å²) in [6.45, 7) is 6.60. The predicted octanol–water partition coefficient (Wildman–Crippen LogP) is 2.96. The summed E-state index contributed by atoms with van der Waals surface area (Å²) in [5.74, 6) is -1.86. The van der Waals surface area contributed by atoms with Crippen molar-refractivity contribution in [3.05, 3.63) is 35.4 Å². The lowest BCUT2D eigenvalue weighted by atomic mass is 10.1. The van der Waals surface area contributed by atoms with Crippen molar-refractivity contribution in [1.29, 1.82) is 0 Å². The molecule has 1 atom stereocenters. The molecule has 174 valence electrons. The number of hydrazine groups is 1. The van der Waals surface area contributed by atoms with Crippen LogP contribution >= 0.6 is 11.8 Å². The number of amides is 4. The van der Waals surface area contributed by atoms with Gasteiger partial charge in [-0.05, 0) is 51.5 Å². The fourth-order valence-corrected chi connectivity index (χ4v) is 3.66. The molecule has 0 saturated carbocycles. The highest BCUT2D eigenvalue weighted by atomic mass is 32.2. The van der Waals surface area contributed by atoms with Gasteiger partial charge in [0.05, 0.1) is 17.7 Å². The molecular weight excluding hydrogens is 438 g/mol. The maximum atomic E-state index is 13.1. The summed E-state index contributed by atoms with van der Waals surface area (Å²) < 4.78 is 10.2. The van der Waals surface area contributed by atoms with Crippen molar-refractivity contribution in [2.45, 2.75) is 52.2 Å². The van der Waals surface area contributed by atoms with Crippen LogP contribution < -0.4 is 5.73 Å². The van der Waals surface area contributed by atoms with E-state index in [0.29, 0.717) is 10.8 Å². The molecule has 0 spiro atoms. The van der Waals surface area contributed by atoms with Crippen molar-refractivity contribution in [1.82, 2.24) is 10.0 Å². The summed E-state index contributed by atoms with van der Waals surface area (Å²) in [5.41, 5.74) is 4.36. The van der Waals surface area contributed by atoms with Crippen LogP contribution in [0.1, 0.15) is 61.3 Å². The Bertz CT molecular complexity index is 878. The van der Waals surface area contributed by atoms with Gasteiger partial charge in [-0.2, -0.15) is 5.01 Å². The van der Waals surface area contributed by atoms with E-state index in [-0.39, 0.29) is 30.6 Å². The Labute approximate surface area is 190 Å². The largest absolute Gasteiger partial charge is 0.458 e. The first-order chi connectivity index (χ1) is 15.0. The molecule has 11 heteroatoms. The van der Waals surface area contributed by atoms with Crippen molar-refractivity contribution in [3.63, 3.8) is 0 Å². The summed E-state index contributed by atoms with van der Waals surface area (Å²) in [6, 6.07) is 4.86. The zero-order chi connectivity index (χ0) is 24.1. The van der Waals surface area contributed by atoms with E-state index in [1.165, 1.54) is 12.1 Å². The molecular formula is C21H27N3O7S. The van der Waals surface area contributed by atoms with E-state index in [0.717, 1.165) is 16.8 Å². The van der Waals surface area contributed by atoms with Crippen LogP contribution in [-0.4, -0.2) is 63.1 Å². The molecule has 1 aromatic rings. The highest BCUT2D eigenvalue weighted by Crippen LogP contribution is 2.29. The van der Waals surface area contributed by atoms with Gasteiger partial charge in [-0.25, -0.2) is 14.6 Å². The number of benzene rings is 1. The van der Waals surface area contributed by atoms with Crippen molar-refractivity contribution >= 4 is 40.9 Å². The quantitative estimate of drug-likeness (QED) is 0.351. The van der Waals surface area contributed by atoms with Crippen molar-refractivity contribution in [2.24, 2.45) is 5.73 Å². The Balaban J connectivity index is 2.44. The highest BCUT2D eigenvalue weighted by molar-refractivity contribution is 8.13. The van der Waals surface area contributed by atoms with E-state index in [4.69, 9.17) is 15.2 Å². The monoisotopic (exact) mass is 465 g/mol. The molecule has 1 aliphatic heterocycles. The molecule has 0 fully saturated rings.